The van der Waals surface area contributed by atoms with E-state index in [4.69, 9.17) is 0 Å². The van der Waals surface area contributed by atoms with Crippen LogP contribution in [0.1, 0.15) is 70.6 Å². The molecule has 0 radical (unpaired) electrons. The highest BCUT2D eigenvalue weighted by atomic mass is 16.3. The smallest absolute Gasteiger partial charge is 0.145 e. The zero-order chi connectivity index (χ0) is 29.0. The van der Waals surface area contributed by atoms with E-state index in [1.165, 1.54) is 12.2 Å². The van der Waals surface area contributed by atoms with Gasteiger partial charge in [-0.15, -0.1) is 0 Å². The first-order chi connectivity index (χ1) is 18.9. The van der Waals surface area contributed by atoms with Crippen LogP contribution in [0.3, 0.4) is 0 Å². The molecule has 0 saturated heterocycles. The van der Waals surface area contributed by atoms with Crippen LogP contribution in [0, 0.1) is 47.4 Å². The summed E-state index contributed by atoms with van der Waals surface area (Å²) in [5.41, 5.74) is 0.862. The fraction of sp³-hybridized carbons (Fsp3) is 0.441. The van der Waals surface area contributed by atoms with Gasteiger partial charge in [0.05, 0.1) is 0 Å². The largest absolute Gasteiger partial charge is 0.377 e. The Kier molecular flexibility index (Phi) is 23.7. The first kappa shape index (κ1) is 35.5. The molecule has 0 aromatic rings. The Hall–Kier alpha value is -3.55. The maximum Gasteiger partial charge on any atom is 0.145 e. The Morgan fingerprint density at radius 3 is 1.44 bits per heavy atom. The lowest BCUT2D eigenvalue weighted by Gasteiger charge is -2.02. The summed E-state index contributed by atoms with van der Waals surface area (Å²) in [5.74, 6) is 20.0. The van der Waals surface area contributed by atoms with Crippen molar-refractivity contribution in [2.75, 3.05) is 0 Å². The van der Waals surface area contributed by atoms with Gasteiger partial charge in [0.15, 0.2) is 0 Å². The molecule has 0 spiro atoms. The maximum absolute atomic E-state index is 11.3. The number of aldehydes is 1. The number of carbonyl (C=O) groups is 1. The molecule has 39 heavy (non-hydrogen) atoms. The predicted octanol–water partition coefficient (Wildman–Crippen LogP) is 4.34. The van der Waals surface area contributed by atoms with Gasteiger partial charge in [0.2, 0.25) is 0 Å². The molecule has 0 aliphatic heterocycles. The molecule has 5 heteroatoms. The van der Waals surface area contributed by atoms with E-state index in [9.17, 15) is 25.2 Å². The summed E-state index contributed by atoms with van der Waals surface area (Å²) in [6, 6.07) is 0. The third-order valence-electron chi connectivity index (χ3n) is 5.31. The fourth-order valence-electron chi connectivity index (χ4n) is 3.13. The summed E-state index contributed by atoms with van der Waals surface area (Å²) in [7, 11) is 0. The lowest BCUT2D eigenvalue weighted by atomic mass is 10.0. The summed E-state index contributed by atoms with van der Waals surface area (Å²) in [6.07, 6.45) is 19.7. The summed E-state index contributed by atoms with van der Waals surface area (Å²) in [6.45, 7) is 6.81. The number of aliphatic hydroxyl groups is 4. The average molecular weight is 531 g/mol. The summed E-state index contributed by atoms with van der Waals surface area (Å²) < 4.78 is 0. The second-order valence-electron chi connectivity index (χ2n) is 8.67. The minimum absolute atomic E-state index is 0.785. The molecule has 0 aromatic heterocycles. The van der Waals surface area contributed by atoms with Gasteiger partial charge in [-0.1, -0.05) is 86.5 Å². The zero-order valence-corrected chi connectivity index (χ0v) is 22.8. The van der Waals surface area contributed by atoms with Crippen LogP contribution >= 0.6 is 0 Å². The minimum atomic E-state index is -0.910. The lowest BCUT2D eigenvalue weighted by molar-refractivity contribution is -0.105. The minimum Gasteiger partial charge on any atom is -0.377 e. The highest BCUT2D eigenvalue weighted by molar-refractivity contribution is 5.72. The van der Waals surface area contributed by atoms with Gasteiger partial charge in [-0.05, 0) is 92.8 Å². The third kappa shape index (κ3) is 24.5. The standard InChI is InChI=1S/C34H42O5/c1-3-31(36)23-17-19-27-33(38)25-15-11-7-5-6-9-13-21-30(29-35)22-14-10-8-12-16-26-34(39)28-20-18-24-32(37)4-2/h3-4,15-16,21,25-26,29,31-34,36-39H,1-2,5-14,22H2/b25-15-,26-16-,30-21-/t31?,32?,33-,34-/m0/s1. The number of rotatable bonds is 18. The highest BCUT2D eigenvalue weighted by Crippen LogP contribution is 2.12. The van der Waals surface area contributed by atoms with Crippen molar-refractivity contribution in [2.24, 2.45) is 0 Å². The number of aliphatic hydroxyl groups excluding tert-OH is 4. The molecule has 0 heterocycles. The van der Waals surface area contributed by atoms with E-state index < -0.39 is 24.4 Å². The third-order valence-corrected chi connectivity index (χ3v) is 5.31. The van der Waals surface area contributed by atoms with Crippen LogP contribution in [0.25, 0.3) is 0 Å². The number of unbranched alkanes of at least 4 members (excludes halogenated alkanes) is 8. The molecular weight excluding hydrogens is 488 g/mol. The Morgan fingerprint density at radius 2 is 1.00 bits per heavy atom. The molecule has 5 nitrogen and oxygen atoms in total. The molecule has 2 unspecified atom stereocenters. The van der Waals surface area contributed by atoms with Crippen molar-refractivity contribution in [1.29, 1.82) is 0 Å². The molecule has 0 aromatic carbocycles. The van der Waals surface area contributed by atoms with Crippen LogP contribution < -0.4 is 0 Å². The Balaban J connectivity index is 3.93. The molecule has 0 bridgehead atoms. The molecule has 0 aliphatic carbocycles. The molecule has 0 saturated carbocycles. The normalized spacial score (nSPS) is 13.8. The average Bonchev–Trinajstić information content (AvgIpc) is 2.94. The van der Waals surface area contributed by atoms with Crippen molar-refractivity contribution >= 4 is 6.29 Å². The molecule has 0 amide bonds. The second kappa shape index (κ2) is 26.1. The Morgan fingerprint density at radius 1 is 0.590 bits per heavy atom. The second-order valence-corrected chi connectivity index (χ2v) is 8.67. The van der Waals surface area contributed by atoms with Crippen molar-refractivity contribution in [2.45, 2.75) is 95.0 Å². The van der Waals surface area contributed by atoms with Gasteiger partial charge < -0.3 is 20.4 Å². The maximum atomic E-state index is 11.3. The van der Waals surface area contributed by atoms with Crippen LogP contribution in [0.5, 0.6) is 0 Å². The van der Waals surface area contributed by atoms with E-state index >= 15 is 0 Å². The molecule has 0 rings (SSSR count). The van der Waals surface area contributed by atoms with E-state index in [1.54, 1.807) is 12.2 Å². The van der Waals surface area contributed by atoms with Crippen LogP contribution in [0.15, 0.2) is 61.3 Å². The monoisotopic (exact) mass is 530 g/mol. The van der Waals surface area contributed by atoms with Crippen LogP contribution in [-0.2, 0) is 4.79 Å². The van der Waals surface area contributed by atoms with Gasteiger partial charge in [-0.2, -0.15) is 0 Å². The van der Waals surface area contributed by atoms with E-state index in [0.29, 0.717) is 0 Å². The molecule has 4 atom stereocenters. The number of carbonyl (C=O) groups excluding carboxylic acids is 1. The van der Waals surface area contributed by atoms with Gasteiger partial charge in [0.1, 0.15) is 30.7 Å². The quantitative estimate of drug-likeness (QED) is 0.0695. The SMILES string of the molecule is C=CC(O)C#CC#C[C@@H](O)/C=C\CCCCCC/C=C(\C=O)CCCCC/C=C\[C@H](O)C#CC#CC(O)C=C. The Bertz CT molecular complexity index is 1050. The van der Waals surface area contributed by atoms with Gasteiger partial charge in [-0.3, -0.25) is 4.79 Å². The molecule has 4 N–H and O–H groups in total. The summed E-state index contributed by atoms with van der Waals surface area (Å²) in [5, 5.41) is 37.8. The molecule has 0 fully saturated rings. The number of hydrogen-bond donors (Lipinski definition) is 4. The van der Waals surface area contributed by atoms with Crippen molar-refractivity contribution in [1.82, 2.24) is 0 Å². The molecule has 0 aliphatic rings. The van der Waals surface area contributed by atoms with E-state index in [1.807, 2.05) is 18.2 Å². The van der Waals surface area contributed by atoms with Gasteiger partial charge in [-0.25, -0.2) is 0 Å². The van der Waals surface area contributed by atoms with Crippen molar-refractivity contribution in [3.05, 3.63) is 61.3 Å². The van der Waals surface area contributed by atoms with Crippen molar-refractivity contribution in [3.63, 3.8) is 0 Å². The van der Waals surface area contributed by atoms with E-state index in [0.717, 1.165) is 82.5 Å². The first-order valence-corrected chi connectivity index (χ1v) is 13.4. The fourth-order valence-corrected chi connectivity index (χ4v) is 3.13. The lowest BCUT2D eigenvalue weighted by Crippen LogP contribution is -1.97. The first-order valence-electron chi connectivity index (χ1n) is 13.4. The predicted molar refractivity (Wildman–Crippen MR) is 159 cm³/mol. The highest BCUT2D eigenvalue weighted by Gasteiger charge is 1.97. The summed E-state index contributed by atoms with van der Waals surface area (Å²) >= 11 is 0. The van der Waals surface area contributed by atoms with Gasteiger partial charge >= 0.3 is 0 Å². The molecule has 208 valence electrons. The van der Waals surface area contributed by atoms with Gasteiger partial charge in [0.25, 0.3) is 0 Å². The van der Waals surface area contributed by atoms with Gasteiger partial charge in [0, 0.05) is 0 Å². The Labute approximate surface area is 235 Å². The number of hydrogen-bond acceptors (Lipinski definition) is 5. The van der Waals surface area contributed by atoms with Crippen LogP contribution in [0.2, 0.25) is 0 Å². The summed E-state index contributed by atoms with van der Waals surface area (Å²) in [4.78, 5) is 11.3. The topological polar surface area (TPSA) is 98.0 Å². The van der Waals surface area contributed by atoms with Crippen LogP contribution in [0.4, 0.5) is 0 Å². The van der Waals surface area contributed by atoms with Crippen molar-refractivity contribution < 1.29 is 25.2 Å². The number of allylic oxidation sites excluding steroid dienone is 4. The van der Waals surface area contributed by atoms with Crippen molar-refractivity contribution in [3.8, 4) is 47.4 Å². The van der Waals surface area contributed by atoms with E-state index in [2.05, 4.69) is 60.5 Å². The van der Waals surface area contributed by atoms with Crippen LogP contribution in [-0.4, -0.2) is 51.1 Å². The van der Waals surface area contributed by atoms with E-state index in [-0.39, 0.29) is 0 Å². The zero-order valence-electron chi connectivity index (χ0n) is 22.8. The molecular formula is C34H42O5.